The molecule has 1 aromatic carbocycles. The molecule has 0 aliphatic heterocycles. The van der Waals surface area contributed by atoms with Gasteiger partial charge in [-0.2, -0.15) is 0 Å². The number of methoxy groups -OCH3 is 1. The van der Waals surface area contributed by atoms with Crippen molar-refractivity contribution in [2.24, 2.45) is 5.73 Å². The van der Waals surface area contributed by atoms with Crippen molar-refractivity contribution in [1.82, 2.24) is 0 Å². The van der Waals surface area contributed by atoms with E-state index in [0.717, 1.165) is 42.9 Å². The fourth-order valence-corrected chi connectivity index (χ4v) is 2.06. The first-order valence-corrected chi connectivity index (χ1v) is 7.33. The summed E-state index contributed by atoms with van der Waals surface area (Å²) in [6.45, 7) is 6.46. The fraction of sp³-hybridized carbons (Fsp3) is 0.529. The zero-order chi connectivity index (χ0) is 14.8. The summed E-state index contributed by atoms with van der Waals surface area (Å²) in [4.78, 5) is 0. The van der Waals surface area contributed by atoms with E-state index in [1.165, 1.54) is 12.8 Å². The highest BCUT2D eigenvalue weighted by molar-refractivity contribution is 5.41. The molecule has 3 heteroatoms. The minimum Gasteiger partial charge on any atom is -0.497 e. The predicted octanol–water partition coefficient (Wildman–Crippen LogP) is 3.71. The summed E-state index contributed by atoms with van der Waals surface area (Å²) >= 11 is 0. The van der Waals surface area contributed by atoms with Gasteiger partial charge in [0.1, 0.15) is 11.5 Å². The number of benzene rings is 1. The second kappa shape index (κ2) is 9.43. The molecular formula is C17H27NO2. The maximum absolute atomic E-state index is 5.90. The molecule has 0 spiro atoms. The number of hydrogen-bond donors (Lipinski definition) is 1. The van der Waals surface area contributed by atoms with Crippen molar-refractivity contribution in [1.29, 1.82) is 0 Å². The van der Waals surface area contributed by atoms with Crippen LogP contribution in [-0.2, 0) is 6.42 Å². The lowest BCUT2D eigenvalue weighted by Gasteiger charge is -2.14. The largest absolute Gasteiger partial charge is 0.497 e. The maximum Gasteiger partial charge on any atom is 0.126 e. The molecule has 1 atom stereocenters. The van der Waals surface area contributed by atoms with E-state index in [-0.39, 0.29) is 6.04 Å². The van der Waals surface area contributed by atoms with Gasteiger partial charge in [-0.15, -0.1) is 6.58 Å². The average molecular weight is 277 g/mol. The van der Waals surface area contributed by atoms with Gasteiger partial charge in [-0.25, -0.2) is 0 Å². The molecule has 0 fully saturated rings. The zero-order valence-electron chi connectivity index (χ0n) is 12.7. The maximum atomic E-state index is 5.90. The van der Waals surface area contributed by atoms with Crippen LogP contribution in [0.2, 0.25) is 0 Å². The minimum atomic E-state index is 0.123. The number of allylic oxidation sites excluding steroid dienone is 1. The Balaban J connectivity index is 2.53. The van der Waals surface area contributed by atoms with Crippen LogP contribution in [0.25, 0.3) is 0 Å². The minimum absolute atomic E-state index is 0.123. The molecule has 0 bridgehead atoms. The number of ether oxygens (including phenoxy) is 2. The van der Waals surface area contributed by atoms with Gasteiger partial charge in [0.25, 0.3) is 0 Å². The first-order chi connectivity index (χ1) is 9.67. The Labute approximate surface area is 122 Å². The third kappa shape index (κ3) is 6.11. The van der Waals surface area contributed by atoms with Crippen LogP contribution in [-0.4, -0.2) is 19.8 Å². The number of hydrogen-bond acceptors (Lipinski definition) is 3. The summed E-state index contributed by atoms with van der Waals surface area (Å²) in [5, 5.41) is 0. The molecule has 1 aromatic rings. The Morgan fingerprint density at radius 2 is 2.10 bits per heavy atom. The molecule has 0 saturated heterocycles. The Morgan fingerprint density at radius 1 is 1.30 bits per heavy atom. The van der Waals surface area contributed by atoms with E-state index in [0.29, 0.717) is 0 Å². The van der Waals surface area contributed by atoms with Crippen molar-refractivity contribution >= 4 is 0 Å². The lowest BCUT2D eigenvalue weighted by Crippen LogP contribution is -2.18. The lowest BCUT2D eigenvalue weighted by atomic mass is 10.1. The van der Waals surface area contributed by atoms with Gasteiger partial charge in [-0.05, 0) is 50.7 Å². The van der Waals surface area contributed by atoms with Gasteiger partial charge in [-0.1, -0.05) is 12.1 Å². The standard InChI is InChI=1S/C17H27NO2/c1-4-5-6-7-8-11-20-17-13-16(19-3)10-9-15(17)12-14(2)18/h4,9-10,13-14H,1,5-8,11-12,18H2,2-3H3. The highest BCUT2D eigenvalue weighted by atomic mass is 16.5. The van der Waals surface area contributed by atoms with Gasteiger partial charge in [0.15, 0.2) is 0 Å². The predicted molar refractivity (Wildman–Crippen MR) is 84.5 cm³/mol. The van der Waals surface area contributed by atoms with Crippen LogP contribution < -0.4 is 15.2 Å². The van der Waals surface area contributed by atoms with Gasteiger partial charge in [-0.3, -0.25) is 0 Å². The summed E-state index contributed by atoms with van der Waals surface area (Å²) < 4.78 is 11.2. The monoisotopic (exact) mass is 277 g/mol. The van der Waals surface area contributed by atoms with E-state index in [2.05, 4.69) is 6.58 Å². The first kappa shape index (κ1) is 16.6. The molecule has 1 unspecified atom stereocenters. The molecule has 112 valence electrons. The molecule has 2 N–H and O–H groups in total. The van der Waals surface area contributed by atoms with Gasteiger partial charge in [0.2, 0.25) is 0 Å². The Bertz CT molecular complexity index is 402. The molecule has 0 aliphatic carbocycles. The van der Waals surface area contributed by atoms with Gasteiger partial charge in [0.05, 0.1) is 13.7 Å². The number of unbranched alkanes of at least 4 members (excludes halogenated alkanes) is 3. The number of nitrogens with two attached hydrogens (primary N) is 1. The topological polar surface area (TPSA) is 44.5 Å². The highest BCUT2D eigenvalue weighted by Crippen LogP contribution is 2.26. The van der Waals surface area contributed by atoms with Crippen LogP contribution in [0.1, 0.15) is 38.2 Å². The van der Waals surface area contributed by atoms with E-state index >= 15 is 0 Å². The number of rotatable bonds is 10. The van der Waals surface area contributed by atoms with Crippen molar-refractivity contribution in [3.63, 3.8) is 0 Å². The molecule has 0 aromatic heterocycles. The molecule has 20 heavy (non-hydrogen) atoms. The van der Waals surface area contributed by atoms with Gasteiger partial charge >= 0.3 is 0 Å². The van der Waals surface area contributed by atoms with E-state index < -0.39 is 0 Å². The summed E-state index contributed by atoms with van der Waals surface area (Å²) in [5.74, 6) is 1.71. The fourth-order valence-electron chi connectivity index (χ4n) is 2.06. The molecule has 0 radical (unpaired) electrons. The smallest absolute Gasteiger partial charge is 0.126 e. The van der Waals surface area contributed by atoms with Crippen LogP contribution >= 0.6 is 0 Å². The van der Waals surface area contributed by atoms with Gasteiger partial charge in [0, 0.05) is 12.1 Å². The zero-order valence-corrected chi connectivity index (χ0v) is 12.7. The van der Waals surface area contributed by atoms with E-state index in [1.807, 2.05) is 31.2 Å². The molecular weight excluding hydrogens is 250 g/mol. The van der Waals surface area contributed by atoms with Crippen molar-refractivity contribution in [2.75, 3.05) is 13.7 Å². The van der Waals surface area contributed by atoms with Crippen molar-refractivity contribution < 1.29 is 9.47 Å². The van der Waals surface area contributed by atoms with Crippen LogP contribution in [0.4, 0.5) is 0 Å². The summed E-state index contributed by atoms with van der Waals surface area (Å²) in [5.41, 5.74) is 7.02. The van der Waals surface area contributed by atoms with Crippen LogP contribution in [0.5, 0.6) is 11.5 Å². The van der Waals surface area contributed by atoms with Gasteiger partial charge < -0.3 is 15.2 Å². The van der Waals surface area contributed by atoms with Crippen LogP contribution in [0.3, 0.4) is 0 Å². The molecule has 0 saturated carbocycles. The second-order valence-corrected chi connectivity index (χ2v) is 5.14. The second-order valence-electron chi connectivity index (χ2n) is 5.14. The Morgan fingerprint density at radius 3 is 2.75 bits per heavy atom. The van der Waals surface area contributed by atoms with Crippen molar-refractivity contribution in [3.05, 3.63) is 36.4 Å². The Hall–Kier alpha value is -1.48. The molecule has 3 nitrogen and oxygen atoms in total. The van der Waals surface area contributed by atoms with E-state index in [4.69, 9.17) is 15.2 Å². The molecule has 1 rings (SSSR count). The lowest BCUT2D eigenvalue weighted by molar-refractivity contribution is 0.299. The average Bonchev–Trinajstić information content (AvgIpc) is 2.43. The summed E-state index contributed by atoms with van der Waals surface area (Å²) in [6.07, 6.45) is 7.26. The third-order valence-electron chi connectivity index (χ3n) is 3.13. The Kier molecular flexibility index (Phi) is 7.81. The van der Waals surface area contributed by atoms with Crippen molar-refractivity contribution in [2.45, 2.75) is 45.1 Å². The SMILES string of the molecule is C=CCCCCCOc1cc(OC)ccc1CC(C)N. The molecule has 0 amide bonds. The summed E-state index contributed by atoms with van der Waals surface area (Å²) in [6, 6.07) is 6.06. The highest BCUT2D eigenvalue weighted by Gasteiger charge is 2.08. The first-order valence-electron chi connectivity index (χ1n) is 7.33. The van der Waals surface area contributed by atoms with E-state index in [1.54, 1.807) is 7.11 Å². The third-order valence-corrected chi connectivity index (χ3v) is 3.13. The summed E-state index contributed by atoms with van der Waals surface area (Å²) in [7, 11) is 1.67. The quantitative estimate of drug-likeness (QED) is 0.524. The van der Waals surface area contributed by atoms with Crippen LogP contribution in [0.15, 0.2) is 30.9 Å². The molecule has 0 aliphatic rings. The van der Waals surface area contributed by atoms with Crippen LogP contribution in [0, 0.1) is 0 Å². The normalized spacial score (nSPS) is 11.9. The molecule has 0 heterocycles. The van der Waals surface area contributed by atoms with Crippen molar-refractivity contribution in [3.8, 4) is 11.5 Å². The van der Waals surface area contributed by atoms with E-state index in [9.17, 15) is 0 Å².